The van der Waals surface area contributed by atoms with Gasteiger partial charge in [0.1, 0.15) is 0 Å². The van der Waals surface area contributed by atoms with E-state index in [1.165, 1.54) is 7.05 Å². The van der Waals surface area contributed by atoms with E-state index in [1.807, 2.05) is 0 Å². The highest BCUT2D eigenvalue weighted by molar-refractivity contribution is 6.09. The van der Waals surface area contributed by atoms with Crippen LogP contribution in [0.15, 0.2) is 18.2 Å². The number of likely N-dealkylation sites (N-methyl/N-ethyl adjacent to an activating group) is 1. The average Bonchev–Trinajstić information content (AvgIpc) is 2.44. The molecule has 0 saturated heterocycles. The highest BCUT2D eigenvalue weighted by Gasteiger charge is 2.28. The van der Waals surface area contributed by atoms with Crippen molar-refractivity contribution in [2.45, 2.75) is 31.7 Å². The number of amides is 2. The van der Waals surface area contributed by atoms with Crippen molar-refractivity contribution in [3.8, 4) is 0 Å². The Morgan fingerprint density at radius 2 is 2.14 bits per heavy atom. The van der Waals surface area contributed by atoms with Gasteiger partial charge in [-0.25, -0.2) is 0 Å². The van der Waals surface area contributed by atoms with Gasteiger partial charge in [-0.3, -0.25) is 19.3 Å². The van der Waals surface area contributed by atoms with Crippen LogP contribution in [0.3, 0.4) is 0 Å². The van der Waals surface area contributed by atoms with Gasteiger partial charge < -0.3 is 10.8 Å². The predicted molar refractivity (Wildman–Crippen MR) is 75.7 cm³/mol. The fourth-order valence-electron chi connectivity index (χ4n) is 2.39. The molecule has 6 heteroatoms. The quantitative estimate of drug-likeness (QED) is 0.791. The Bertz CT molecular complexity index is 597. The number of carbonyl (C=O) groups excluding carboxylic acids is 2. The molecule has 0 aromatic heterocycles. The summed E-state index contributed by atoms with van der Waals surface area (Å²) >= 11 is 0. The summed E-state index contributed by atoms with van der Waals surface area (Å²) in [5.41, 5.74) is 8.04. The maximum absolute atomic E-state index is 12.1. The number of fused-ring (bicyclic) bond motifs is 1. The standard InChI is InChI=1S/C15H18N2O4/c1-17-13(18)8-9-5-6-10(7-11(9)15(17)21)12(16)3-2-4-14(19)20/h5-7,12H,2-4,8,16H2,1H3,(H,19,20). The molecule has 0 spiro atoms. The van der Waals surface area contributed by atoms with E-state index >= 15 is 0 Å². The Kier molecular flexibility index (Phi) is 4.37. The molecule has 0 fully saturated rings. The zero-order valence-corrected chi connectivity index (χ0v) is 11.8. The van der Waals surface area contributed by atoms with Gasteiger partial charge in [-0.2, -0.15) is 0 Å². The Morgan fingerprint density at radius 3 is 2.81 bits per heavy atom. The molecule has 21 heavy (non-hydrogen) atoms. The number of aliphatic carboxylic acids is 1. The van der Waals surface area contributed by atoms with E-state index in [9.17, 15) is 14.4 Å². The van der Waals surface area contributed by atoms with Gasteiger partial charge in [0, 0.05) is 25.1 Å². The van der Waals surface area contributed by atoms with E-state index in [0.29, 0.717) is 24.0 Å². The van der Waals surface area contributed by atoms with Crippen LogP contribution in [0.4, 0.5) is 0 Å². The summed E-state index contributed by atoms with van der Waals surface area (Å²) in [6, 6.07) is 4.96. The van der Waals surface area contributed by atoms with Crippen molar-refractivity contribution in [3.63, 3.8) is 0 Å². The predicted octanol–water partition coefficient (Wildman–Crippen LogP) is 1.10. The lowest BCUT2D eigenvalue weighted by molar-refractivity contribution is -0.137. The van der Waals surface area contributed by atoms with Crippen molar-refractivity contribution in [3.05, 3.63) is 34.9 Å². The number of carboxylic acid groups (broad SMARTS) is 1. The first kappa shape index (κ1) is 15.2. The van der Waals surface area contributed by atoms with Crippen molar-refractivity contribution < 1.29 is 19.5 Å². The van der Waals surface area contributed by atoms with Gasteiger partial charge in [-0.1, -0.05) is 12.1 Å². The molecule has 0 radical (unpaired) electrons. The topological polar surface area (TPSA) is 101 Å². The average molecular weight is 290 g/mol. The second-order valence-electron chi connectivity index (χ2n) is 5.24. The molecule has 1 aromatic rings. The van der Waals surface area contributed by atoms with Crippen LogP contribution >= 0.6 is 0 Å². The number of carbonyl (C=O) groups is 3. The molecule has 2 rings (SSSR count). The molecule has 3 N–H and O–H groups in total. The van der Waals surface area contributed by atoms with Crippen LogP contribution in [0.2, 0.25) is 0 Å². The molecule has 1 aromatic carbocycles. The van der Waals surface area contributed by atoms with Gasteiger partial charge >= 0.3 is 5.97 Å². The fourth-order valence-corrected chi connectivity index (χ4v) is 2.39. The molecule has 1 heterocycles. The van der Waals surface area contributed by atoms with E-state index in [-0.39, 0.29) is 30.7 Å². The largest absolute Gasteiger partial charge is 0.481 e. The Hall–Kier alpha value is -2.21. The summed E-state index contributed by atoms with van der Waals surface area (Å²) in [6.45, 7) is 0. The van der Waals surface area contributed by atoms with E-state index < -0.39 is 5.97 Å². The Balaban J connectivity index is 2.15. The fraction of sp³-hybridized carbons (Fsp3) is 0.400. The second-order valence-corrected chi connectivity index (χ2v) is 5.24. The summed E-state index contributed by atoms with van der Waals surface area (Å²) in [5, 5.41) is 8.62. The lowest BCUT2D eigenvalue weighted by Gasteiger charge is -2.24. The first-order valence-electron chi connectivity index (χ1n) is 6.81. The minimum atomic E-state index is -0.844. The van der Waals surface area contributed by atoms with E-state index in [1.54, 1.807) is 18.2 Å². The molecule has 6 nitrogen and oxygen atoms in total. The molecular formula is C15H18N2O4. The van der Waals surface area contributed by atoms with Crippen LogP contribution in [-0.2, 0) is 16.0 Å². The summed E-state index contributed by atoms with van der Waals surface area (Å²) in [6.07, 6.45) is 1.31. The summed E-state index contributed by atoms with van der Waals surface area (Å²) in [5.74, 6) is -1.38. The third kappa shape index (κ3) is 3.28. The molecular weight excluding hydrogens is 272 g/mol. The van der Waals surface area contributed by atoms with Crippen LogP contribution in [0.5, 0.6) is 0 Å². The van der Waals surface area contributed by atoms with Crippen LogP contribution in [0.1, 0.15) is 46.8 Å². The van der Waals surface area contributed by atoms with E-state index in [4.69, 9.17) is 10.8 Å². The first-order chi connectivity index (χ1) is 9.90. The van der Waals surface area contributed by atoms with Gasteiger partial charge in [0.05, 0.1) is 6.42 Å². The maximum atomic E-state index is 12.1. The smallest absolute Gasteiger partial charge is 0.303 e. The first-order valence-corrected chi connectivity index (χ1v) is 6.81. The number of hydrogen-bond donors (Lipinski definition) is 2. The van der Waals surface area contributed by atoms with E-state index in [2.05, 4.69) is 0 Å². The Morgan fingerprint density at radius 1 is 1.43 bits per heavy atom. The lowest BCUT2D eigenvalue weighted by atomic mass is 9.93. The minimum Gasteiger partial charge on any atom is -0.481 e. The number of nitrogens with two attached hydrogens (primary N) is 1. The monoisotopic (exact) mass is 290 g/mol. The molecule has 2 amide bonds. The van der Waals surface area contributed by atoms with E-state index in [0.717, 1.165) is 10.5 Å². The van der Waals surface area contributed by atoms with Gasteiger partial charge in [-0.05, 0) is 30.0 Å². The number of rotatable bonds is 5. The highest BCUT2D eigenvalue weighted by Crippen LogP contribution is 2.24. The van der Waals surface area contributed by atoms with Crippen LogP contribution in [0.25, 0.3) is 0 Å². The zero-order valence-electron chi connectivity index (χ0n) is 11.8. The number of imide groups is 1. The van der Waals surface area contributed by atoms with Gasteiger partial charge in [-0.15, -0.1) is 0 Å². The van der Waals surface area contributed by atoms with Crippen molar-refractivity contribution in [2.24, 2.45) is 5.73 Å². The zero-order chi connectivity index (χ0) is 15.6. The van der Waals surface area contributed by atoms with Gasteiger partial charge in [0.25, 0.3) is 5.91 Å². The molecule has 1 aliphatic heterocycles. The van der Waals surface area contributed by atoms with Crippen LogP contribution in [0, 0.1) is 0 Å². The maximum Gasteiger partial charge on any atom is 0.303 e. The normalized spacial score (nSPS) is 15.8. The number of nitrogens with zero attached hydrogens (tertiary/aromatic N) is 1. The van der Waals surface area contributed by atoms with Crippen molar-refractivity contribution in [1.29, 1.82) is 0 Å². The SMILES string of the molecule is CN1C(=O)Cc2ccc(C(N)CCCC(=O)O)cc2C1=O. The Labute approximate surface area is 122 Å². The molecule has 0 bridgehead atoms. The molecule has 1 atom stereocenters. The third-order valence-corrected chi connectivity index (χ3v) is 3.72. The molecule has 1 aliphatic rings. The molecule has 0 saturated carbocycles. The summed E-state index contributed by atoms with van der Waals surface area (Å²) < 4.78 is 0. The summed E-state index contributed by atoms with van der Waals surface area (Å²) in [4.78, 5) is 35.3. The number of benzene rings is 1. The molecule has 112 valence electrons. The summed E-state index contributed by atoms with van der Waals surface area (Å²) in [7, 11) is 1.47. The van der Waals surface area contributed by atoms with Crippen LogP contribution in [-0.4, -0.2) is 34.8 Å². The van der Waals surface area contributed by atoms with Crippen LogP contribution < -0.4 is 5.73 Å². The van der Waals surface area contributed by atoms with Gasteiger partial charge in [0.2, 0.25) is 5.91 Å². The second kappa shape index (κ2) is 6.05. The highest BCUT2D eigenvalue weighted by atomic mass is 16.4. The van der Waals surface area contributed by atoms with Crippen molar-refractivity contribution in [1.82, 2.24) is 4.90 Å². The third-order valence-electron chi connectivity index (χ3n) is 3.72. The number of carboxylic acids is 1. The molecule has 1 unspecified atom stereocenters. The lowest BCUT2D eigenvalue weighted by Crippen LogP contribution is -2.39. The number of hydrogen-bond acceptors (Lipinski definition) is 4. The van der Waals surface area contributed by atoms with Gasteiger partial charge in [0.15, 0.2) is 0 Å². The van der Waals surface area contributed by atoms with Crippen molar-refractivity contribution in [2.75, 3.05) is 7.05 Å². The van der Waals surface area contributed by atoms with Crippen molar-refractivity contribution >= 4 is 17.8 Å². The minimum absolute atomic E-state index is 0.0782. The molecule has 0 aliphatic carbocycles.